The van der Waals surface area contributed by atoms with E-state index < -0.39 is 16.0 Å². The first-order valence-electron chi connectivity index (χ1n) is 10.6. The number of hydrogen-bond acceptors (Lipinski definition) is 7. The van der Waals surface area contributed by atoms with Crippen LogP contribution in [0.2, 0.25) is 0 Å². The molecule has 33 heavy (non-hydrogen) atoms. The molecule has 176 valence electrons. The van der Waals surface area contributed by atoms with Gasteiger partial charge in [0.15, 0.2) is 0 Å². The van der Waals surface area contributed by atoms with Gasteiger partial charge in [-0.1, -0.05) is 17.7 Å². The van der Waals surface area contributed by atoms with Crippen LogP contribution in [0.5, 0.6) is 5.75 Å². The Kier molecular flexibility index (Phi) is 7.96. The fourth-order valence-electron chi connectivity index (χ4n) is 3.37. The highest BCUT2D eigenvalue weighted by atomic mass is 32.2. The number of nitrogens with zero attached hydrogens (tertiary/aromatic N) is 3. The van der Waals surface area contributed by atoms with Crippen LogP contribution in [0.3, 0.4) is 0 Å². The van der Waals surface area contributed by atoms with Crippen LogP contribution in [0.4, 0.5) is 0 Å². The summed E-state index contributed by atoms with van der Waals surface area (Å²) in [5.41, 5.74) is 4.92. The topological polar surface area (TPSA) is 108 Å². The maximum absolute atomic E-state index is 12.8. The number of amides is 1. The number of rotatable bonds is 7. The normalized spacial score (nSPS) is 15.8. The smallest absolute Gasteiger partial charge is 0.308 e. The number of piperazine rings is 1. The van der Waals surface area contributed by atoms with Gasteiger partial charge in [-0.3, -0.25) is 14.5 Å². The van der Waals surface area contributed by atoms with Crippen molar-refractivity contribution < 1.29 is 22.7 Å². The molecule has 1 saturated heterocycles. The number of benzene rings is 2. The highest BCUT2D eigenvalue weighted by molar-refractivity contribution is 7.89. The van der Waals surface area contributed by atoms with E-state index in [9.17, 15) is 18.0 Å². The van der Waals surface area contributed by atoms with E-state index in [1.807, 2.05) is 11.8 Å². The summed E-state index contributed by atoms with van der Waals surface area (Å²) in [6.07, 6.45) is 0. The third kappa shape index (κ3) is 6.70. The van der Waals surface area contributed by atoms with Crippen LogP contribution >= 0.6 is 0 Å². The molecule has 10 heteroatoms. The van der Waals surface area contributed by atoms with Gasteiger partial charge in [0.1, 0.15) is 5.75 Å². The van der Waals surface area contributed by atoms with Crippen LogP contribution in [0, 0.1) is 6.92 Å². The third-order valence-electron chi connectivity index (χ3n) is 5.24. The quantitative estimate of drug-likeness (QED) is 0.285. The number of hydrazone groups is 1. The van der Waals surface area contributed by atoms with Crippen molar-refractivity contribution in [3.8, 4) is 5.75 Å². The average Bonchev–Trinajstić information content (AvgIpc) is 2.78. The lowest BCUT2D eigenvalue weighted by Gasteiger charge is -2.33. The zero-order chi connectivity index (χ0) is 24.0. The second-order valence-corrected chi connectivity index (χ2v) is 9.78. The Labute approximate surface area is 194 Å². The molecule has 2 aromatic rings. The Morgan fingerprint density at radius 3 is 2.15 bits per heavy atom. The minimum atomic E-state index is -3.54. The lowest BCUT2D eigenvalue weighted by atomic mass is 10.1. The largest absolute Gasteiger partial charge is 0.427 e. The van der Waals surface area contributed by atoms with E-state index in [0.29, 0.717) is 37.6 Å². The first-order valence-corrected chi connectivity index (χ1v) is 12.0. The third-order valence-corrected chi connectivity index (χ3v) is 7.15. The van der Waals surface area contributed by atoms with Crippen LogP contribution < -0.4 is 10.2 Å². The van der Waals surface area contributed by atoms with Gasteiger partial charge >= 0.3 is 5.97 Å². The molecule has 1 heterocycles. The Morgan fingerprint density at radius 2 is 1.58 bits per heavy atom. The predicted octanol–water partition coefficient (Wildman–Crippen LogP) is 1.77. The van der Waals surface area contributed by atoms with Crippen molar-refractivity contribution in [1.29, 1.82) is 0 Å². The highest BCUT2D eigenvalue weighted by Gasteiger charge is 2.28. The monoisotopic (exact) mass is 472 g/mol. The van der Waals surface area contributed by atoms with Gasteiger partial charge in [-0.25, -0.2) is 13.8 Å². The molecule has 1 aliphatic heterocycles. The molecule has 1 amide bonds. The van der Waals surface area contributed by atoms with Crippen molar-refractivity contribution in [2.24, 2.45) is 5.10 Å². The number of sulfonamides is 1. The molecule has 0 spiro atoms. The maximum Gasteiger partial charge on any atom is 0.308 e. The first-order chi connectivity index (χ1) is 15.6. The summed E-state index contributed by atoms with van der Waals surface area (Å²) < 4.78 is 32.0. The van der Waals surface area contributed by atoms with Crippen LogP contribution in [-0.2, 0) is 19.6 Å². The van der Waals surface area contributed by atoms with E-state index in [1.54, 1.807) is 55.5 Å². The summed E-state index contributed by atoms with van der Waals surface area (Å²) in [5, 5.41) is 4.13. The van der Waals surface area contributed by atoms with Crippen LogP contribution in [0.1, 0.15) is 25.0 Å². The molecule has 2 aromatic carbocycles. The van der Waals surface area contributed by atoms with E-state index in [4.69, 9.17) is 4.74 Å². The van der Waals surface area contributed by atoms with E-state index >= 15 is 0 Å². The SMILES string of the molecule is CC(=O)Oc1ccc(C(C)=NNC(=O)CN2CCN(S(=O)(=O)c3ccc(C)cc3)CC2)cc1. The van der Waals surface area contributed by atoms with Crippen molar-refractivity contribution in [1.82, 2.24) is 14.6 Å². The zero-order valence-corrected chi connectivity index (χ0v) is 19.8. The molecule has 0 unspecified atom stereocenters. The van der Waals surface area contributed by atoms with Crippen molar-refractivity contribution in [2.75, 3.05) is 32.7 Å². The van der Waals surface area contributed by atoms with E-state index in [0.717, 1.165) is 11.1 Å². The zero-order valence-electron chi connectivity index (χ0n) is 18.9. The van der Waals surface area contributed by atoms with E-state index in [1.165, 1.54) is 11.2 Å². The first kappa shape index (κ1) is 24.6. The minimum absolute atomic E-state index is 0.126. The van der Waals surface area contributed by atoms with Gasteiger partial charge < -0.3 is 4.74 Å². The molecule has 0 radical (unpaired) electrons. The van der Waals surface area contributed by atoms with Gasteiger partial charge in [0.2, 0.25) is 10.0 Å². The number of esters is 1. The van der Waals surface area contributed by atoms with Crippen LogP contribution in [0.25, 0.3) is 0 Å². The van der Waals surface area contributed by atoms with Gasteiger partial charge in [-0.2, -0.15) is 9.41 Å². The number of hydrogen-bond donors (Lipinski definition) is 1. The molecular weight excluding hydrogens is 444 g/mol. The average molecular weight is 473 g/mol. The van der Waals surface area contributed by atoms with Crippen LogP contribution in [-0.4, -0.2) is 67.9 Å². The Balaban J connectivity index is 1.49. The molecule has 0 atom stereocenters. The molecular formula is C23H28N4O5S. The summed E-state index contributed by atoms with van der Waals surface area (Å²) in [6, 6.07) is 13.6. The Bertz CT molecular complexity index is 1120. The predicted molar refractivity (Wildman–Crippen MR) is 124 cm³/mol. The number of nitrogens with one attached hydrogen (secondary N) is 1. The fourth-order valence-corrected chi connectivity index (χ4v) is 4.79. The molecule has 1 fully saturated rings. The molecule has 9 nitrogen and oxygen atoms in total. The lowest BCUT2D eigenvalue weighted by Crippen LogP contribution is -2.50. The Hall–Kier alpha value is -3.08. The fraction of sp³-hybridized carbons (Fsp3) is 0.348. The number of ether oxygens (including phenoxy) is 1. The van der Waals surface area contributed by atoms with Crippen molar-refractivity contribution in [3.05, 3.63) is 59.7 Å². The summed E-state index contributed by atoms with van der Waals surface area (Å²) in [5.74, 6) is -0.235. The van der Waals surface area contributed by atoms with Crippen LogP contribution in [0.15, 0.2) is 58.5 Å². The standard InChI is InChI=1S/C23H28N4O5S/c1-17-4-10-22(11-5-17)33(30,31)27-14-12-26(13-15-27)16-23(29)25-24-18(2)20-6-8-21(9-7-20)32-19(3)28/h4-11H,12-16H2,1-3H3,(H,25,29). The summed E-state index contributed by atoms with van der Waals surface area (Å²) >= 11 is 0. The molecule has 1 aliphatic rings. The second-order valence-electron chi connectivity index (χ2n) is 7.84. The van der Waals surface area contributed by atoms with Gasteiger partial charge in [-0.05, 0) is 55.8 Å². The number of carbonyl (C=O) groups excluding carboxylic acids is 2. The molecule has 0 bridgehead atoms. The van der Waals surface area contributed by atoms with E-state index in [-0.39, 0.29) is 17.3 Å². The van der Waals surface area contributed by atoms with E-state index in [2.05, 4.69) is 10.5 Å². The number of carbonyl (C=O) groups is 2. The summed E-state index contributed by atoms with van der Waals surface area (Å²) in [7, 11) is -3.54. The summed E-state index contributed by atoms with van der Waals surface area (Å²) in [4.78, 5) is 25.5. The molecule has 0 saturated carbocycles. The van der Waals surface area contributed by atoms with Gasteiger partial charge in [0.25, 0.3) is 5.91 Å². The van der Waals surface area contributed by atoms with Gasteiger partial charge in [0.05, 0.1) is 17.2 Å². The second kappa shape index (κ2) is 10.7. The maximum atomic E-state index is 12.8. The van der Waals surface area contributed by atoms with Crippen molar-refractivity contribution in [3.63, 3.8) is 0 Å². The number of aryl methyl sites for hydroxylation is 1. The molecule has 3 rings (SSSR count). The van der Waals surface area contributed by atoms with Gasteiger partial charge in [0, 0.05) is 33.1 Å². The van der Waals surface area contributed by atoms with Crippen molar-refractivity contribution >= 4 is 27.6 Å². The molecule has 0 aliphatic carbocycles. The lowest BCUT2D eigenvalue weighted by molar-refractivity contribution is -0.131. The minimum Gasteiger partial charge on any atom is -0.427 e. The molecule has 1 N–H and O–H groups in total. The van der Waals surface area contributed by atoms with Gasteiger partial charge in [-0.15, -0.1) is 0 Å². The van der Waals surface area contributed by atoms with Crippen molar-refractivity contribution in [2.45, 2.75) is 25.7 Å². The molecule has 0 aromatic heterocycles. The Morgan fingerprint density at radius 1 is 0.970 bits per heavy atom. The summed E-state index contributed by atoms with van der Waals surface area (Å²) in [6.45, 7) is 6.68. The highest BCUT2D eigenvalue weighted by Crippen LogP contribution is 2.18.